The van der Waals surface area contributed by atoms with E-state index < -0.39 is 11.8 Å². The van der Waals surface area contributed by atoms with Crippen LogP contribution in [0.2, 0.25) is 0 Å². The lowest BCUT2D eigenvalue weighted by molar-refractivity contribution is -0.128. The van der Waals surface area contributed by atoms with Crippen molar-refractivity contribution >= 4 is 28.8 Å². The highest BCUT2D eigenvalue weighted by Crippen LogP contribution is 2.17. The second kappa shape index (κ2) is 8.96. The van der Waals surface area contributed by atoms with Crippen LogP contribution < -0.4 is 15.6 Å². The average Bonchev–Trinajstić information content (AvgIpc) is 2.75. The molecule has 1 heterocycles. The number of ether oxygens (including phenoxy) is 1. The highest BCUT2D eigenvalue weighted by atomic mass is 16.5. The Balaban J connectivity index is 1.48. The molecule has 2 amide bonds. The van der Waals surface area contributed by atoms with Crippen LogP contribution in [0.3, 0.4) is 0 Å². The van der Waals surface area contributed by atoms with Crippen molar-refractivity contribution in [1.29, 1.82) is 5.26 Å². The van der Waals surface area contributed by atoms with Crippen molar-refractivity contribution in [1.82, 2.24) is 15.8 Å². The predicted molar refractivity (Wildman–Crippen MR) is 104 cm³/mol. The van der Waals surface area contributed by atoms with Crippen LogP contribution in [0.25, 0.3) is 17.0 Å². The molecule has 0 radical (unpaired) electrons. The summed E-state index contributed by atoms with van der Waals surface area (Å²) in [6.07, 6.45) is 4.63. The first-order valence-electron chi connectivity index (χ1n) is 8.39. The standard InChI is InChI=1S/C21H16N4O3/c22-13-15-6-9-18(10-7-15)28-14-20(27)25-24-19(26)11-8-17-4-1-3-16-5-2-12-23-21(16)17/h1-12H,14H2,(H,24,26)(H,25,27)/b11-8+. The lowest BCUT2D eigenvalue weighted by Gasteiger charge is -2.07. The molecule has 0 atom stereocenters. The number of hydrazine groups is 1. The lowest BCUT2D eigenvalue weighted by Crippen LogP contribution is -2.43. The molecule has 2 aromatic carbocycles. The van der Waals surface area contributed by atoms with E-state index in [1.807, 2.05) is 36.4 Å². The van der Waals surface area contributed by atoms with Crippen molar-refractivity contribution in [2.24, 2.45) is 0 Å². The minimum Gasteiger partial charge on any atom is -0.484 e. The highest BCUT2D eigenvalue weighted by molar-refractivity contribution is 5.96. The number of hydrogen-bond acceptors (Lipinski definition) is 5. The number of fused-ring (bicyclic) bond motifs is 1. The summed E-state index contributed by atoms with van der Waals surface area (Å²) in [5.74, 6) is -0.554. The third-order valence-electron chi connectivity index (χ3n) is 3.76. The molecular weight excluding hydrogens is 356 g/mol. The molecule has 3 rings (SSSR count). The summed E-state index contributed by atoms with van der Waals surface area (Å²) in [5.41, 5.74) is 6.63. The normalized spacial score (nSPS) is 10.4. The quantitative estimate of drug-likeness (QED) is 0.528. The van der Waals surface area contributed by atoms with E-state index in [4.69, 9.17) is 10.00 Å². The third kappa shape index (κ3) is 4.93. The van der Waals surface area contributed by atoms with Gasteiger partial charge in [0.2, 0.25) is 0 Å². The van der Waals surface area contributed by atoms with Crippen LogP contribution in [0.15, 0.2) is 66.9 Å². The number of para-hydroxylation sites is 1. The monoisotopic (exact) mass is 372 g/mol. The van der Waals surface area contributed by atoms with Gasteiger partial charge in [-0.15, -0.1) is 0 Å². The number of aromatic nitrogens is 1. The maximum Gasteiger partial charge on any atom is 0.276 e. The molecule has 0 bridgehead atoms. The summed E-state index contributed by atoms with van der Waals surface area (Å²) in [6.45, 7) is -0.275. The highest BCUT2D eigenvalue weighted by Gasteiger charge is 2.05. The number of pyridine rings is 1. The van der Waals surface area contributed by atoms with Crippen molar-refractivity contribution < 1.29 is 14.3 Å². The van der Waals surface area contributed by atoms with Gasteiger partial charge in [0.1, 0.15) is 5.75 Å². The first-order chi connectivity index (χ1) is 13.7. The molecule has 0 spiro atoms. The summed E-state index contributed by atoms with van der Waals surface area (Å²) in [6, 6.07) is 17.8. The van der Waals surface area contributed by atoms with Crippen molar-refractivity contribution in [2.45, 2.75) is 0 Å². The van der Waals surface area contributed by atoms with Crippen LogP contribution in [0.1, 0.15) is 11.1 Å². The predicted octanol–water partition coefficient (Wildman–Crippen LogP) is 2.35. The van der Waals surface area contributed by atoms with Crippen LogP contribution in [-0.2, 0) is 9.59 Å². The Morgan fingerprint density at radius 1 is 1.07 bits per heavy atom. The zero-order valence-electron chi connectivity index (χ0n) is 14.8. The number of carbonyl (C=O) groups excluding carboxylic acids is 2. The fourth-order valence-corrected chi connectivity index (χ4v) is 2.41. The number of hydrogen-bond donors (Lipinski definition) is 2. The lowest BCUT2D eigenvalue weighted by atomic mass is 10.1. The van der Waals surface area contributed by atoms with E-state index in [1.165, 1.54) is 6.08 Å². The summed E-state index contributed by atoms with van der Waals surface area (Å²) >= 11 is 0. The topological polar surface area (TPSA) is 104 Å². The first-order valence-corrected chi connectivity index (χ1v) is 8.39. The number of nitrogens with one attached hydrogen (secondary N) is 2. The van der Waals surface area contributed by atoms with Gasteiger partial charge in [0.05, 0.1) is 17.1 Å². The van der Waals surface area contributed by atoms with Gasteiger partial charge in [-0.1, -0.05) is 24.3 Å². The van der Waals surface area contributed by atoms with E-state index in [0.29, 0.717) is 11.3 Å². The summed E-state index contributed by atoms with van der Waals surface area (Å²) in [7, 11) is 0. The smallest absolute Gasteiger partial charge is 0.276 e. The Bertz CT molecular complexity index is 1060. The van der Waals surface area contributed by atoms with Crippen molar-refractivity contribution in [3.8, 4) is 11.8 Å². The molecule has 3 aromatic rings. The molecule has 0 saturated heterocycles. The van der Waals surface area contributed by atoms with Gasteiger partial charge in [0.25, 0.3) is 11.8 Å². The van der Waals surface area contributed by atoms with E-state index in [2.05, 4.69) is 15.8 Å². The van der Waals surface area contributed by atoms with Crippen molar-refractivity contribution in [3.05, 3.63) is 78.0 Å². The zero-order chi connectivity index (χ0) is 19.8. The largest absolute Gasteiger partial charge is 0.484 e. The summed E-state index contributed by atoms with van der Waals surface area (Å²) in [5, 5.41) is 9.70. The molecule has 7 nitrogen and oxygen atoms in total. The summed E-state index contributed by atoms with van der Waals surface area (Å²) in [4.78, 5) is 28.0. The average molecular weight is 372 g/mol. The molecule has 28 heavy (non-hydrogen) atoms. The van der Waals surface area contributed by atoms with E-state index in [-0.39, 0.29) is 6.61 Å². The summed E-state index contributed by atoms with van der Waals surface area (Å²) < 4.78 is 5.28. The minimum atomic E-state index is -0.516. The molecule has 0 aliphatic carbocycles. The van der Waals surface area contributed by atoms with Gasteiger partial charge >= 0.3 is 0 Å². The minimum absolute atomic E-state index is 0.275. The van der Waals surface area contributed by atoms with Gasteiger partial charge in [-0.25, -0.2) is 0 Å². The molecule has 0 unspecified atom stereocenters. The van der Waals surface area contributed by atoms with Crippen LogP contribution in [0, 0.1) is 11.3 Å². The second-order valence-corrected chi connectivity index (χ2v) is 5.72. The van der Waals surface area contributed by atoms with Gasteiger partial charge in [0.15, 0.2) is 6.61 Å². The number of benzene rings is 2. The number of nitriles is 1. The van der Waals surface area contributed by atoms with Crippen LogP contribution in [0.4, 0.5) is 0 Å². The molecule has 0 aliphatic heterocycles. The number of nitrogens with zero attached hydrogens (tertiary/aromatic N) is 2. The van der Waals surface area contributed by atoms with Gasteiger partial charge in [0, 0.05) is 23.2 Å². The Hall–Kier alpha value is -4.18. The third-order valence-corrected chi connectivity index (χ3v) is 3.76. The first kappa shape index (κ1) is 18.6. The molecule has 7 heteroatoms. The maximum atomic E-state index is 11.9. The Labute approximate surface area is 161 Å². The fourth-order valence-electron chi connectivity index (χ4n) is 2.41. The van der Waals surface area contributed by atoms with Crippen LogP contribution in [0.5, 0.6) is 5.75 Å². The van der Waals surface area contributed by atoms with E-state index in [0.717, 1.165) is 16.5 Å². The van der Waals surface area contributed by atoms with Gasteiger partial charge in [-0.3, -0.25) is 25.4 Å². The van der Waals surface area contributed by atoms with Crippen molar-refractivity contribution in [3.63, 3.8) is 0 Å². The van der Waals surface area contributed by atoms with Crippen molar-refractivity contribution in [2.75, 3.05) is 6.61 Å². The van der Waals surface area contributed by atoms with Crippen LogP contribution in [-0.4, -0.2) is 23.4 Å². The molecular formula is C21H16N4O3. The Morgan fingerprint density at radius 2 is 1.86 bits per heavy atom. The van der Waals surface area contributed by atoms with Gasteiger partial charge in [-0.05, 0) is 36.4 Å². The Kier molecular flexibility index (Phi) is 5.95. The SMILES string of the molecule is N#Cc1ccc(OCC(=O)NNC(=O)/C=C/c2cccc3cccnc23)cc1. The molecule has 0 fully saturated rings. The molecule has 2 N–H and O–H groups in total. The molecule has 138 valence electrons. The van der Waals surface area contributed by atoms with E-state index in [9.17, 15) is 9.59 Å². The maximum absolute atomic E-state index is 11.9. The Morgan fingerprint density at radius 3 is 2.64 bits per heavy atom. The van der Waals surface area contributed by atoms with Crippen LogP contribution >= 0.6 is 0 Å². The van der Waals surface area contributed by atoms with E-state index in [1.54, 1.807) is 36.5 Å². The van der Waals surface area contributed by atoms with E-state index >= 15 is 0 Å². The molecule has 0 saturated carbocycles. The number of amides is 2. The van der Waals surface area contributed by atoms with Gasteiger partial charge < -0.3 is 4.74 Å². The number of rotatable bonds is 5. The second-order valence-electron chi connectivity index (χ2n) is 5.72. The fraction of sp³-hybridized carbons (Fsp3) is 0.0476. The number of carbonyl (C=O) groups is 2. The van der Waals surface area contributed by atoms with Gasteiger partial charge in [-0.2, -0.15) is 5.26 Å². The zero-order valence-corrected chi connectivity index (χ0v) is 14.8. The molecule has 0 aliphatic rings. The molecule has 1 aromatic heterocycles.